The molecule has 4 heteroatoms. The first-order valence-electron chi connectivity index (χ1n) is 5.87. The molecule has 1 aromatic rings. The summed E-state index contributed by atoms with van der Waals surface area (Å²) in [6.45, 7) is 7.14. The van der Waals surface area contributed by atoms with E-state index in [0.29, 0.717) is 16.9 Å². The largest absolute Gasteiger partial charge is 0.320 e. The molecule has 0 heterocycles. The van der Waals surface area contributed by atoms with E-state index in [1.54, 1.807) is 6.07 Å². The lowest BCUT2D eigenvalue weighted by Crippen LogP contribution is -2.01. The van der Waals surface area contributed by atoms with Crippen LogP contribution >= 0.6 is 11.6 Å². The van der Waals surface area contributed by atoms with Gasteiger partial charge in [0, 0.05) is 10.6 Å². The molecule has 0 aromatic heterocycles. The molecule has 0 fully saturated rings. The fraction of sp³-hybridized carbons (Fsp3) is 0.357. The van der Waals surface area contributed by atoms with E-state index in [1.165, 1.54) is 24.3 Å². The molecule has 102 valence electrons. The van der Waals surface area contributed by atoms with Gasteiger partial charge in [-0.05, 0) is 37.9 Å². The fourth-order valence-corrected chi connectivity index (χ4v) is 0.938. The number of aldehydes is 1. The highest BCUT2D eigenvalue weighted by Crippen LogP contribution is 2.15. The van der Waals surface area contributed by atoms with Gasteiger partial charge < -0.3 is 5.32 Å². The summed E-state index contributed by atoms with van der Waals surface area (Å²) in [4.78, 5) is 9.92. The van der Waals surface area contributed by atoms with Gasteiger partial charge in [-0.15, -0.1) is 0 Å². The zero-order valence-electron chi connectivity index (χ0n) is 11.3. The van der Waals surface area contributed by atoms with E-state index in [9.17, 15) is 9.18 Å². The van der Waals surface area contributed by atoms with Gasteiger partial charge in [-0.2, -0.15) is 0 Å². The number of rotatable bonds is 3. The number of nitrogens with one attached hydrogen (secondary N) is 1. The molecule has 0 aliphatic carbocycles. The highest BCUT2D eigenvalue weighted by Gasteiger charge is 1.97. The van der Waals surface area contributed by atoms with Crippen molar-refractivity contribution >= 4 is 24.0 Å². The van der Waals surface area contributed by atoms with Crippen LogP contribution < -0.4 is 5.32 Å². The molecular formula is C14H21ClFNO. The summed E-state index contributed by atoms with van der Waals surface area (Å²) in [5.41, 5.74) is 0.353. The summed E-state index contributed by atoms with van der Waals surface area (Å²) in [5.74, 6) is -0.430. The minimum atomic E-state index is -0.430. The maximum Gasteiger partial charge on any atom is 0.142 e. The third-order valence-electron chi connectivity index (χ3n) is 1.67. The summed E-state index contributed by atoms with van der Waals surface area (Å²) in [6.07, 6.45) is 3.21. The molecule has 0 aliphatic heterocycles. The van der Waals surface area contributed by atoms with Crippen molar-refractivity contribution in [2.45, 2.75) is 20.8 Å². The van der Waals surface area contributed by atoms with Gasteiger partial charge in [-0.25, -0.2) is 4.39 Å². The molecule has 0 saturated carbocycles. The Morgan fingerprint density at radius 2 is 1.94 bits per heavy atom. The molecule has 18 heavy (non-hydrogen) atoms. The normalized spacial score (nSPS) is 9.00. The second-order valence-electron chi connectivity index (χ2n) is 2.87. The molecular weight excluding hydrogens is 253 g/mol. The Morgan fingerprint density at radius 1 is 1.39 bits per heavy atom. The molecule has 1 rings (SSSR count). The maximum absolute atomic E-state index is 12.9. The van der Waals surface area contributed by atoms with Gasteiger partial charge in [0.25, 0.3) is 0 Å². The molecule has 2 nitrogen and oxygen atoms in total. The predicted octanol–water partition coefficient (Wildman–Crippen LogP) is 3.94. The summed E-state index contributed by atoms with van der Waals surface area (Å²) < 4.78 is 12.9. The lowest BCUT2D eigenvalue weighted by molar-refractivity contribution is -0.104. The number of carbonyl (C=O) groups is 1. The van der Waals surface area contributed by atoms with Crippen molar-refractivity contribution < 1.29 is 9.18 Å². The van der Waals surface area contributed by atoms with Crippen LogP contribution in [-0.2, 0) is 4.79 Å². The van der Waals surface area contributed by atoms with E-state index >= 15 is 0 Å². The number of carbonyl (C=O) groups excluding carboxylic acids is 1. The Hall–Kier alpha value is -1.19. The quantitative estimate of drug-likeness (QED) is 0.667. The van der Waals surface area contributed by atoms with Crippen LogP contribution in [0.15, 0.2) is 24.3 Å². The van der Waals surface area contributed by atoms with Gasteiger partial charge in [-0.1, -0.05) is 38.4 Å². The molecule has 0 amide bonds. The van der Waals surface area contributed by atoms with Crippen molar-refractivity contribution in [1.82, 2.24) is 5.32 Å². The minimum absolute atomic E-state index is 0.343. The summed E-state index contributed by atoms with van der Waals surface area (Å²) in [5, 5.41) is 3.27. The van der Waals surface area contributed by atoms with Crippen molar-refractivity contribution in [2.24, 2.45) is 0 Å². The van der Waals surface area contributed by atoms with Crippen LogP contribution in [0.2, 0.25) is 5.02 Å². The molecule has 1 N–H and O–H groups in total. The van der Waals surface area contributed by atoms with Crippen LogP contribution in [0.1, 0.15) is 26.3 Å². The first kappa shape index (κ1) is 19.2. The van der Waals surface area contributed by atoms with Crippen LogP contribution in [0.3, 0.4) is 0 Å². The van der Waals surface area contributed by atoms with Gasteiger partial charge in [0.2, 0.25) is 0 Å². The first-order chi connectivity index (χ1) is 8.65. The van der Waals surface area contributed by atoms with Crippen LogP contribution in [0.5, 0.6) is 0 Å². The average Bonchev–Trinajstić information content (AvgIpc) is 2.40. The zero-order chi connectivity index (χ0) is 14.4. The smallest absolute Gasteiger partial charge is 0.142 e. The van der Waals surface area contributed by atoms with Gasteiger partial charge in [0.05, 0.1) is 0 Å². The number of benzene rings is 1. The van der Waals surface area contributed by atoms with E-state index in [-0.39, 0.29) is 0 Å². The standard InChI is InChI=1S/C9H6ClFO.C3H9N.C2H6/c10-8-4-3-7(2-1-5-12)9(11)6-8;1-3-4-2;1-2/h1-6H;4H,3H2,1-2H3;1-2H3/b2-1+;;. The Balaban J connectivity index is 0. The minimum Gasteiger partial charge on any atom is -0.320 e. The van der Waals surface area contributed by atoms with Gasteiger partial charge in [-0.3, -0.25) is 4.79 Å². The number of hydrogen-bond donors (Lipinski definition) is 1. The Kier molecular flexibility index (Phi) is 14.8. The van der Waals surface area contributed by atoms with Crippen molar-refractivity contribution in [3.63, 3.8) is 0 Å². The third kappa shape index (κ3) is 10.00. The molecule has 0 spiro atoms. The van der Waals surface area contributed by atoms with Gasteiger partial charge in [0.1, 0.15) is 12.1 Å². The van der Waals surface area contributed by atoms with Crippen molar-refractivity contribution in [2.75, 3.05) is 13.6 Å². The molecule has 0 aliphatic rings. The molecule has 0 bridgehead atoms. The number of allylic oxidation sites excluding steroid dienone is 1. The molecule has 0 radical (unpaired) electrons. The average molecular weight is 274 g/mol. The monoisotopic (exact) mass is 273 g/mol. The van der Waals surface area contributed by atoms with Gasteiger partial charge >= 0.3 is 0 Å². The van der Waals surface area contributed by atoms with Crippen LogP contribution in [0.4, 0.5) is 4.39 Å². The third-order valence-corrected chi connectivity index (χ3v) is 1.91. The SMILES string of the molecule is CC.CCNC.O=C/C=C/c1ccc(Cl)cc1F. The lowest BCUT2D eigenvalue weighted by Gasteiger charge is -1.95. The summed E-state index contributed by atoms with van der Waals surface area (Å²) in [6, 6.07) is 4.28. The lowest BCUT2D eigenvalue weighted by atomic mass is 10.2. The molecule has 0 unspecified atom stereocenters. The predicted molar refractivity (Wildman–Crippen MR) is 77.5 cm³/mol. The highest BCUT2D eigenvalue weighted by atomic mass is 35.5. The van der Waals surface area contributed by atoms with E-state index in [1.807, 2.05) is 20.9 Å². The van der Waals surface area contributed by atoms with E-state index in [2.05, 4.69) is 12.2 Å². The number of halogens is 2. The van der Waals surface area contributed by atoms with Crippen LogP contribution in [0.25, 0.3) is 6.08 Å². The summed E-state index contributed by atoms with van der Waals surface area (Å²) >= 11 is 5.52. The first-order valence-corrected chi connectivity index (χ1v) is 6.25. The van der Waals surface area contributed by atoms with Crippen molar-refractivity contribution in [3.8, 4) is 0 Å². The molecule has 0 atom stereocenters. The Morgan fingerprint density at radius 3 is 2.33 bits per heavy atom. The van der Waals surface area contributed by atoms with Crippen molar-refractivity contribution in [3.05, 3.63) is 40.7 Å². The number of hydrogen-bond acceptors (Lipinski definition) is 2. The van der Waals surface area contributed by atoms with Crippen molar-refractivity contribution in [1.29, 1.82) is 0 Å². The highest BCUT2D eigenvalue weighted by molar-refractivity contribution is 6.30. The molecule has 0 saturated heterocycles. The maximum atomic E-state index is 12.9. The fourth-order valence-electron chi connectivity index (χ4n) is 0.780. The zero-order valence-corrected chi connectivity index (χ0v) is 12.1. The molecule has 1 aromatic carbocycles. The van der Waals surface area contributed by atoms with E-state index in [0.717, 1.165) is 6.54 Å². The second-order valence-corrected chi connectivity index (χ2v) is 3.30. The van der Waals surface area contributed by atoms with E-state index < -0.39 is 5.82 Å². The Bertz CT molecular complexity index is 352. The van der Waals surface area contributed by atoms with Crippen LogP contribution in [-0.4, -0.2) is 19.9 Å². The van der Waals surface area contributed by atoms with E-state index in [4.69, 9.17) is 11.6 Å². The second kappa shape index (κ2) is 13.9. The summed E-state index contributed by atoms with van der Waals surface area (Å²) in [7, 11) is 1.93. The van der Waals surface area contributed by atoms with Gasteiger partial charge in [0.15, 0.2) is 0 Å². The van der Waals surface area contributed by atoms with Crippen LogP contribution in [0, 0.1) is 5.82 Å². The Labute approximate surface area is 114 Å². The topological polar surface area (TPSA) is 29.1 Å².